The highest BCUT2D eigenvalue weighted by Crippen LogP contribution is 2.25. The van der Waals surface area contributed by atoms with Gasteiger partial charge in [-0.15, -0.1) is 0 Å². The second-order valence-electron chi connectivity index (χ2n) is 4.11. The maximum absolute atomic E-state index is 11.6. The van der Waals surface area contributed by atoms with E-state index >= 15 is 0 Å². The van der Waals surface area contributed by atoms with Crippen LogP contribution >= 0.6 is 0 Å². The normalized spacial score (nSPS) is 30.8. The molecule has 0 aromatic heterocycles. The molecular formula is C10H16N2O4. The molecule has 0 saturated carbocycles. The average molecular weight is 228 g/mol. The van der Waals surface area contributed by atoms with Gasteiger partial charge in [0.05, 0.1) is 12.7 Å². The second-order valence-corrected chi connectivity index (χ2v) is 4.11. The first-order valence-electron chi connectivity index (χ1n) is 5.57. The zero-order valence-electron chi connectivity index (χ0n) is 9.26. The Bertz CT molecular complexity index is 307. The van der Waals surface area contributed by atoms with Gasteiger partial charge in [-0.3, -0.25) is 9.80 Å². The molecule has 2 saturated heterocycles. The smallest absolute Gasteiger partial charge is 0.412 e. The Morgan fingerprint density at radius 1 is 1.62 bits per heavy atom. The van der Waals surface area contributed by atoms with Gasteiger partial charge < -0.3 is 9.84 Å². The highest BCUT2D eigenvalue weighted by atomic mass is 16.6. The largest absolute Gasteiger partial charge is 0.478 e. The van der Waals surface area contributed by atoms with Gasteiger partial charge in [0.1, 0.15) is 0 Å². The number of cyclic esters (lactones) is 1. The van der Waals surface area contributed by atoms with Crippen LogP contribution in [0.1, 0.15) is 19.8 Å². The number of aliphatic carboxylic acids is 1. The predicted octanol–water partition coefficient (Wildman–Crippen LogP) is 0.334. The van der Waals surface area contributed by atoms with Crippen LogP contribution < -0.4 is 0 Å². The van der Waals surface area contributed by atoms with Gasteiger partial charge in [0.15, 0.2) is 0 Å². The molecule has 2 rings (SSSR count). The molecule has 1 N–H and O–H groups in total. The number of rotatable bonds is 3. The van der Waals surface area contributed by atoms with E-state index in [4.69, 9.17) is 9.84 Å². The van der Waals surface area contributed by atoms with Gasteiger partial charge in [-0.05, 0) is 19.4 Å². The van der Waals surface area contributed by atoms with Crippen molar-refractivity contribution in [2.24, 2.45) is 0 Å². The van der Waals surface area contributed by atoms with Crippen LogP contribution in [0.3, 0.4) is 0 Å². The molecule has 6 heteroatoms. The van der Waals surface area contributed by atoms with E-state index in [1.807, 2.05) is 6.92 Å². The van der Waals surface area contributed by atoms with Crippen molar-refractivity contribution in [2.75, 3.05) is 19.6 Å². The summed E-state index contributed by atoms with van der Waals surface area (Å²) >= 11 is 0. The summed E-state index contributed by atoms with van der Waals surface area (Å²) in [5, 5.41) is 8.80. The number of carbonyl (C=O) groups is 2. The van der Waals surface area contributed by atoms with Crippen LogP contribution in [-0.2, 0) is 9.53 Å². The third-order valence-electron chi connectivity index (χ3n) is 3.21. The molecular weight excluding hydrogens is 212 g/mol. The van der Waals surface area contributed by atoms with Gasteiger partial charge in [0.25, 0.3) is 0 Å². The van der Waals surface area contributed by atoms with Crippen molar-refractivity contribution in [1.29, 1.82) is 0 Å². The van der Waals surface area contributed by atoms with Crippen molar-refractivity contribution in [2.45, 2.75) is 32.0 Å². The molecule has 2 aliphatic rings. The van der Waals surface area contributed by atoms with Crippen molar-refractivity contribution in [3.05, 3.63) is 0 Å². The summed E-state index contributed by atoms with van der Waals surface area (Å²) in [6.45, 7) is 4.03. The number of carbonyl (C=O) groups excluding carboxylic acids is 1. The summed E-state index contributed by atoms with van der Waals surface area (Å²) < 4.78 is 4.80. The van der Waals surface area contributed by atoms with E-state index in [1.165, 1.54) is 4.90 Å². The third-order valence-corrected chi connectivity index (χ3v) is 3.21. The quantitative estimate of drug-likeness (QED) is 0.754. The Hall–Kier alpha value is -1.30. The van der Waals surface area contributed by atoms with Crippen LogP contribution in [0.4, 0.5) is 4.79 Å². The van der Waals surface area contributed by atoms with Gasteiger partial charge in [0, 0.05) is 6.54 Å². The molecule has 0 bridgehead atoms. The SMILES string of the molecule is CCN1CCCC1N1C[C@H](C(=O)O)OC1=O. The molecule has 1 amide bonds. The second kappa shape index (κ2) is 4.29. The Labute approximate surface area is 93.8 Å². The van der Waals surface area contributed by atoms with Crippen molar-refractivity contribution in [3.8, 4) is 0 Å². The fourth-order valence-electron chi connectivity index (χ4n) is 2.38. The Kier molecular flexibility index (Phi) is 3.00. The molecule has 90 valence electrons. The Morgan fingerprint density at radius 2 is 2.38 bits per heavy atom. The van der Waals surface area contributed by atoms with Crippen LogP contribution in [0.15, 0.2) is 0 Å². The third kappa shape index (κ3) is 1.84. The van der Waals surface area contributed by atoms with E-state index in [1.54, 1.807) is 0 Å². The Balaban J connectivity index is 2.04. The summed E-state index contributed by atoms with van der Waals surface area (Å²) in [6, 6.07) is 0. The van der Waals surface area contributed by atoms with Gasteiger partial charge in [-0.2, -0.15) is 0 Å². The monoisotopic (exact) mass is 228 g/mol. The van der Waals surface area contributed by atoms with Gasteiger partial charge in [-0.25, -0.2) is 9.59 Å². The van der Waals surface area contributed by atoms with Crippen LogP contribution in [0.5, 0.6) is 0 Å². The fourth-order valence-corrected chi connectivity index (χ4v) is 2.38. The summed E-state index contributed by atoms with van der Waals surface area (Å²) in [4.78, 5) is 26.0. The number of carboxylic acid groups (broad SMARTS) is 1. The van der Waals surface area contributed by atoms with E-state index in [-0.39, 0.29) is 12.7 Å². The molecule has 2 atom stereocenters. The topological polar surface area (TPSA) is 70.1 Å². The van der Waals surface area contributed by atoms with E-state index in [9.17, 15) is 9.59 Å². The summed E-state index contributed by atoms with van der Waals surface area (Å²) in [7, 11) is 0. The first-order valence-corrected chi connectivity index (χ1v) is 5.57. The predicted molar refractivity (Wildman–Crippen MR) is 54.9 cm³/mol. The maximum atomic E-state index is 11.6. The van der Waals surface area contributed by atoms with E-state index in [0.717, 1.165) is 25.9 Å². The number of hydrogen-bond acceptors (Lipinski definition) is 4. The zero-order chi connectivity index (χ0) is 11.7. The molecule has 6 nitrogen and oxygen atoms in total. The number of carboxylic acids is 1. The average Bonchev–Trinajstić information content (AvgIpc) is 2.82. The van der Waals surface area contributed by atoms with Crippen LogP contribution in [0.25, 0.3) is 0 Å². The molecule has 0 spiro atoms. The molecule has 2 fully saturated rings. The lowest BCUT2D eigenvalue weighted by molar-refractivity contribution is -0.144. The molecule has 2 heterocycles. The first kappa shape index (κ1) is 11.2. The van der Waals surface area contributed by atoms with Crippen molar-refractivity contribution < 1.29 is 19.4 Å². The number of ether oxygens (including phenoxy) is 1. The van der Waals surface area contributed by atoms with E-state index in [2.05, 4.69) is 4.90 Å². The van der Waals surface area contributed by atoms with Gasteiger partial charge >= 0.3 is 12.1 Å². The van der Waals surface area contributed by atoms with Crippen LogP contribution in [0, 0.1) is 0 Å². The van der Waals surface area contributed by atoms with Crippen molar-refractivity contribution in [1.82, 2.24) is 9.80 Å². The molecule has 0 aliphatic carbocycles. The number of likely N-dealkylation sites (tertiary alicyclic amines) is 1. The van der Waals surface area contributed by atoms with Gasteiger partial charge in [0.2, 0.25) is 6.10 Å². The van der Waals surface area contributed by atoms with Crippen molar-refractivity contribution >= 4 is 12.1 Å². The molecule has 0 radical (unpaired) electrons. The maximum Gasteiger partial charge on any atom is 0.412 e. The minimum atomic E-state index is -1.07. The number of nitrogens with zero attached hydrogens (tertiary/aromatic N) is 2. The summed E-state index contributed by atoms with van der Waals surface area (Å²) in [5.74, 6) is -1.07. The van der Waals surface area contributed by atoms with Crippen molar-refractivity contribution in [3.63, 3.8) is 0 Å². The van der Waals surface area contributed by atoms with Crippen LogP contribution in [-0.4, -0.2) is 58.9 Å². The minimum absolute atomic E-state index is 0.0156. The lowest BCUT2D eigenvalue weighted by Gasteiger charge is -2.29. The zero-order valence-corrected chi connectivity index (χ0v) is 9.26. The van der Waals surface area contributed by atoms with E-state index < -0.39 is 18.2 Å². The molecule has 1 unspecified atom stereocenters. The minimum Gasteiger partial charge on any atom is -0.478 e. The summed E-state index contributed by atoms with van der Waals surface area (Å²) in [5.41, 5.74) is 0. The molecule has 0 aromatic carbocycles. The lowest BCUT2D eigenvalue weighted by Crippen LogP contribution is -2.45. The summed E-state index contributed by atoms with van der Waals surface area (Å²) in [6.07, 6.45) is 0.446. The highest BCUT2D eigenvalue weighted by Gasteiger charge is 2.42. The van der Waals surface area contributed by atoms with Gasteiger partial charge in [-0.1, -0.05) is 6.92 Å². The van der Waals surface area contributed by atoms with Crippen LogP contribution in [0.2, 0.25) is 0 Å². The first-order chi connectivity index (χ1) is 7.63. The molecule has 2 aliphatic heterocycles. The number of hydrogen-bond donors (Lipinski definition) is 1. The standard InChI is InChI=1S/C10H16N2O4/c1-2-11-5-3-4-8(11)12-6-7(9(13)14)16-10(12)15/h7-8H,2-6H2,1H3,(H,13,14)/t7-,8?/m1/s1. The molecule has 16 heavy (non-hydrogen) atoms. The fraction of sp³-hybridized carbons (Fsp3) is 0.800. The van der Waals surface area contributed by atoms with E-state index in [0.29, 0.717) is 0 Å². The Morgan fingerprint density at radius 3 is 2.94 bits per heavy atom. The lowest BCUT2D eigenvalue weighted by atomic mass is 10.3. The highest BCUT2D eigenvalue weighted by molar-refractivity contribution is 5.81. The molecule has 0 aromatic rings. The number of amides is 1.